The van der Waals surface area contributed by atoms with Crippen molar-refractivity contribution in [3.8, 4) is 78.9 Å². The predicted molar refractivity (Wildman–Crippen MR) is 229 cm³/mol. The van der Waals surface area contributed by atoms with E-state index in [1.807, 2.05) is 84.1 Å². The molecule has 5 heteroatoms. The molecule has 0 radical (unpaired) electrons. The first kappa shape index (κ1) is 32.6. The van der Waals surface area contributed by atoms with E-state index in [0.29, 0.717) is 11.6 Å². The molecule has 4 nitrogen and oxygen atoms in total. The van der Waals surface area contributed by atoms with Crippen LogP contribution in [0.2, 0.25) is 0 Å². The zero-order chi connectivity index (χ0) is 36.6. The van der Waals surface area contributed by atoms with Gasteiger partial charge in [-0.15, -0.1) is 11.3 Å². The van der Waals surface area contributed by atoms with Crippen LogP contribution in [0.3, 0.4) is 0 Å². The third kappa shape index (κ3) is 6.37. The molecule has 0 spiro atoms. The van der Waals surface area contributed by atoms with Crippen LogP contribution < -0.4 is 0 Å². The predicted octanol–water partition coefficient (Wildman–Crippen LogP) is 13.3. The van der Waals surface area contributed by atoms with Gasteiger partial charge in [0, 0.05) is 53.6 Å². The van der Waals surface area contributed by atoms with E-state index in [9.17, 15) is 0 Å². The Hall–Kier alpha value is -7.08. The molecule has 10 aromatic rings. The van der Waals surface area contributed by atoms with Crippen LogP contribution in [0.1, 0.15) is 0 Å². The third-order valence-electron chi connectivity index (χ3n) is 9.92. The lowest BCUT2D eigenvalue weighted by molar-refractivity contribution is 1.18. The Morgan fingerprint density at radius 3 is 1.20 bits per heavy atom. The van der Waals surface area contributed by atoms with Crippen molar-refractivity contribution in [1.82, 2.24) is 19.9 Å². The summed E-state index contributed by atoms with van der Waals surface area (Å²) < 4.78 is 2.43. The van der Waals surface area contributed by atoms with Crippen LogP contribution in [0, 0.1) is 0 Å². The highest BCUT2D eigenvalue weighted by Gasteiger charge is 2.16. The molecule has 0 N–H and O–H groups in total. The smallest absolute Gasteiger partial charge is 0.160 e. The normalized spacial score (nSPS) is 11.3. The van der Waals surface area contributed by atoms with Crippen molar-refractivity contribution in [2.45, 2.75) is 0 Å². The number of aromatic nitrogens is 4. The maximum Gasteiger partial charge on any atom is 0.160 e. The fraction of sp³-hybridized carbons (Fsp3) is 0. The number of hydrogen-bond donors (Lipinski definition) is 0. The fourth-order valence-corrected chi connectivity index (χ4v) is 8.45. The van der Waals surface area contributed by atoms with Crippen LogP contribution >= 0.6 is 11.3 Å². The summed E-state index contributed by atoms with van der Waals surface area (Å²) in [5.41, 5.74) is 12.1. The number of rotatable bonds is 7. The minimum absolute atomic E-state index is 0.697. The van der Waals surface area contributed by atoms with Gasteiger partial charge in [-0.2, -0.15) is 0 Å². The second-order valence-electron chi connectivity index (χ2n) is 13.5. The summed E-state index contributed by atoms with van der Waals surface area (Å²) >= 11 is 1.81. The highest BCUT2D eigenvalue weighted by Crippen LogP contribution is 2.42. The summed E-state index contributed by atoms with van der Waals surface area (Å²) in [4.78, 5) is 20.4. The summed E-state index contributed by atoms with van der Waals surface area (Å²) in [6.07, 6.45) is 0. The quantitative estimate of drug-likeness (QED) is 0.164. The largest absolute Gasteiger partial charge is 0.228 e. The average molecular weight is 721 g/mol. The average Bonchev–Trinajstić information content (AvgIpc) is 3.66. The maximum atomic E-state index is 5.10. The van der Waals surface area contributed by atoms with Crippen LogP contribution in [-0.4, -0.2) is 19.9 Å². The zero-order valence-corrected chi connectivity index (χ0v) is 30.5. The van der Waals surface area contributed by atoms with E-state index in [4.69, 9.17) is 19.9 Å². The summed E-state index contributed by atoms with van der Waals surface area (Å²) in [7, 11) is 0. The minimum Gasteiger partial charge on any atom is -0.228 e. The van der Waals surface area contributed by atoms with Gasteiger partial charge in [0.2, 0.25) is 0 Å². The standard InChI is InChI=1S/C50H32N4S/c1-5-15-33(16-6-1)43-31-44(34-17-7-2-8-18-34)52-49(51-43)38-24-13-23-37(29-38)40-25-14-26-42-41-28-27-39(30-47(41)55-48(40)42)50-53-45(35-19-9-3-10-20-35)32-46(54-50)36-21-11-4-12-22-36/h1-32H. The lowest BCUT2D eigenvalue weighted by atomic mass is 10.00. The first-order chi connectivity index (χ1) is 27.2. The molecule has 0 aliphatic rings. The lowest BCUT2D eigenvalue weighted by Crippen LogP contribution is -1.96. The molecule has 0 unspecified atom stereocenters. The second kappa shape index (κ2) is 14.0. The molecule has 7 aromatic carbocycles. The molecule has 258 valence electrons. The Kier molecular flexibility index (Phi) is 8.32. The van der Waals surface area contributed by atoms with Crippen LogP contribution in [0.15, 0.2) is 194 Å². The molecule has 0 aliphatic heterocycles. The number of hydrogen-bond acceptors (Lipinski definition) is 5. The molecule has 3 heterocycles. The van der Waals surface area contributed by atoms with Crippen LogP contribution in [0.5, 0.6) is 0 Å². The molecule has 10 rings (SSSR count). The van der Waals surface area contributed by atoms with E-state index in [2.05, 4.69) is 121 Å². The van der Waals surface area contributed by atoms with E-state index in [0.717, 1.165) is 61.7 Å². The first-order valence-corrected chi connectivity index (χ1v) is 19.1. The third-order valence-corrected chi connectivity index (χ3v) is 11.1. The van der Waals surface area contributed by atoms with Gasteiger partial charge >= 0.3 is 0 Å². The topological polar surface area (TPSA) is 51.6 Å². The Morgan fingerprint density at radius 1 is 0.291 bits per heavy atom. The van der Waals surface area contributed by atoms with E-state index in [-0.39, 0.29) is 0 Å². The number of benzene rings is 7. The molecule has 0 saturated carbocycles. The van der Waals surface area contributed by atoms with Gasteiger partial charge in [0.1, 0.15) is 0 Å². The Labute approximate surface area is 323 Å². The molecule has 0 aliphatic carbocycles. The van der Waals surface area contributed by atoms with E-state index in [1.165, 1.54) is 25.7 Å². The van der Waals surface area contributed by atoms with E-state index < -0.39 is 0 Å². The Balaban J connectivity index is 1.07. The van der Waals surface area contributed by atoms with Gasteiger partial charge in [-0.1, -0.05) is 170 Å². The van der Waals surface area contributed by atoms with Gasteiger partial charge in [-0.05, 0) is 35.4 Å². The zero-order valence-electron chi connectivity index (χ0n) is 29.7. The van der Waals surface area contributed by atoms with Crippen molar-refractivity contribution in [1.29, 1.82) is 0 Å². The fourth-order valence-electron chi connectivity index (χ4n) is 7.17. The molecule has 0 saturated heterocycles. The number of nitrogens with zero attached hydrogens (tertiary/aromatic N) is 4. The summed E-state index contributed by atoms with van der Waals surface area (Å²) in [5.74, 6) is 1.41. The molecular formula is C50H32N4S. The van der Waals surface area contributed by atoms with Crippen LogP contribution in [0.4, 0.5) is 0 Å². The van der Waals surface area contributed by atoms with Crippen molar-refractivity contribution in [3.63, 3.8) is 0 Å². The summed E-state index contributed by atoms with van der Waals surface area (Å²) in [6, 6.07) is 67.3. The number of fused-ring (bicyclic) bond motifs is 3. The van der Waals surface area contributed by atoms with Gasteiger partial charge in [0.15, 0.2) is 11.6 Å². The molecule has 0 fully saturated rings. The SMILES string of the molecule is c1ccc(-c2cc(-c3ccccc3)nc(-c3cccc(-c4cccc5c4sc4cc(-c6nc(-c7ccccc7)cc(-c7ccccc7)n6)ccc45)c3)n2)cc1. The van der Waals surface area contributed by atoms with Crippen LogP contribution in [-0.2, 0) is 0 Å². The lowest BCUT2D eigenvalue weighted by Gasteiger charge is -2.11. The van der Waals surface area contributed by atoms with E-state index >= 15 is 0 Å². The van der Waals surface area contributed by atoms with Crippen molar-refractivity contribution in [2.24, 2.45) is 0 Å². The second-order valence-corrected chi connectivity index (χ2v) is 14.5. The van der Waals surface area contributed by atoms with Gasteiger partial charge in [0.25, 0.3) is 0 Å². The molecule has 0 amide bonds. The number of thiophene rings is 1. The molecular weight excluding hydrogens is 689 g/mol. The van der Waals surface area contributed by atoms with Crippen molar-refractivity contribution in [2.75, 3.05) is 0 Å². The molecule has 55 heavy (non-hydrogen) atoms. The Bertz CT molecular complexity index is 2850. The highest BCUT2D eigenvalue weighted by atomic mass is 32.1. The van der Waals surface area contributed by atoms with Crippen LogP contribution in [0.25, 0.3) is 99.1 Å². The van der Waals surface area contributed by atoms with Gasteiger partial charge < -0.3 is 0 Å². The van der Waals surface area contributed by atoms with Crippen molar-refractivity contribution < 1.29 is 0 Å². The monoisotopic (exact) mass is 720 g/mol. The minimum atomic E-state index is 0.697. The molecule has 3 aromatic heterocycles. The highest BCUT2D eigenvalue weighted by molar-refractivity contribution is 7.26. The van der Waals surface area contributed by atoms with E-state index in [1.54, 1.807) is 0 Å². The molecule has 0 bridgehead atoms. The van der Waals surface area contributed by atoms with Crippen molar-refractivity contribution in [3.05, 3.63) is 194 Å². The summed E-state index contributed by atoms with van der Waals surface area (Å²) in [5, 5.41) is 2.45. The maximum absolute atomic E-state index is 5.10. The van der Waals surface area contributed by atoms with Crippen molar-refractivity contribution >= 4 is 31.5 Å². The first-order valence-electron chi connectivity index (χ1n) is 18.3. The molecule has 0 atom stereocenters. The van der Waals surface area contributed by atoms with Gasteiger partial charge in [-0.25, -0.2) is 19.9 Å². The summed E-state index contributed by atoms with van der Waals surface area (Å²) in [6.45, 7) is 0. The van der Waals surface area contributed by atoms with Gasteiger partial charge in [0.05, 0.1) is 22.8 Å². The Morgan fingerprint density at radius 2 is 0.709 bits per heavy atom. The van der Waals surface area contributed by atoms with Gasteiger partial charge in [-0.3, -0.25) is 0 Å².